The Hall–Kier alpha value is -3.71. The van der Waals surface area contributed by atoms with Crippen LogP contribution in [0.15, 0.2) is 82.9 Å². The maximum Gasteiger partial charge on any atom is 0.269 e. The Morgan fingerprint density at radius 1 is 1.09 bits per heavy atom. The minimum absolute atomic E-state index is 0.0110. The summed E-state index contributed by atoms with van der Waals surface area (Å²) >= 11 is 3.52. The first-order valence-electron chi connectivity index (χ1n) is 10.4. The molecule has 3 aromatic rings. The summed E-state index contributed by atoms with van der Waals surface area (Å²) in [5, 5.41) is 11.2. The van der Waals surface area contributed by atoms with Gasteiger partial charge in [-0.2, -0.15) is 0 Å². The van der Waals surface area contributed by atoms with Crippen LogP contribution in [0.3, 0.4) is 0 Å². The number of nitro benzene ring substituents is 1. The number of amides is 1. The fraction of sp³-hybridized carbons (Fsp3) is 0.115. The topological polar surface area (TPSA) is 72.7 Å². The molecule has 0 unspecified atom stereocenters. The van der Waals surface area contributed by atoms with E-state index in [0.717, 1.165) is 21.3 Å². The number of hydrogen-bond donors (Lipinski definition) is 0. The number of halogens is 1. The van der Waals surface area contributed by atoms with Crippen molar-refractivity contribution in [3.05, 3.63) is 110 Å². The lowest BCUT2D eigenvalue weighted by Crippen LogP contribution is -2.25. The smallest absolute Gasteiger partial charge is 0.269 e. The van der Waals surface area contributed by atoms with Crippen LogP contribution in [0.2, 0.25) is 0 Å². The summed E-state index contributed by atoms with van der Waals surface area (Å²) in [7, 11) is 0. The zero-order valence-corrected chi connectivity index (χ0v) is 19.7. The first kappa shape index (κ1) is 22.5. The van der Waals surface area contributed by atoms with Crippen molar-refractivity contribution in [3.63, 3.8) is 0 Å². The molecule has 0 aromatic heterocycles. The van der Waals surface area contributed by atoms with Crippen molar-refractivity contribution in [1.29, 1.82) is 0 Å². The van der Waals surface area contributed by atoms with Crippen molar-refractivity contribution in [3.8, 4) is 5.75 Å². The Labute approximate surface area is 200 Å². The van der Waals surface area contributed by atoms with E-state index in [-0.39, 0.29) is 11.6 Å². The summed E-state index contributed by atoms with van der Waals surface area (Å²) in [5.41, 5.74) is 4.19. The highest BCUT2D eigenvalue weighted by atomic mass is 79.9. The maximum absolute atomic E-state index is 13.6. The van der Waals surface area contributed by atoms with E-state index in [1.807, 2.05) is 67.6 Å². The maximum atomic E-state index is 13.6. The largest absolute Gasteiger partial charge is 0.493 e. The van der Waals surface area contributed by atoms with Crippen LogP contribution < -0.4 is 9.64 Å². The van der Waals surface area contributed by atoms with Crippen LogP contribution in [0, 0.1) is 17.0 Å². The molecule has 7 heteroatoms. The number of anilines is 1. The Morgan fingerprint density at radius 3 is 2.48 bits per heavy atom. The molecule has 1 amide bonds. The lowest BCUT2D eigenvalue weighted by molar-refractivity contribution is -0.384. The summed E-state index contributed by atoms with van der Waals surface area (Å²) in [4.78, 5) is 25.9. The lowest BCUT2D eigenvalue weighted by atomic mass is 10.1. The first-order valence-corrected chi connectivity index (χ1v) is 11.2. The van der Waals surface area contributed by atoms with E-state index in [0.29, 0.717) is 29.1 Å². The Morgan fingerprint density at radius 2 is 1.85 bits per heavy atom. The van der Waals surface area contributed by atoms with Crippen molar-refractivity contribution in [2.75, 3.05) is 11.5 Å². The predicted molar refractivity (Wildman–Crippen MR) is 133 cm³/mol. The van der Waals surface area contributed by atoms with E-state index in [2.05, 4.69) is 15.9 Å². The van der Waals surface area contributed by atoms with Crippen molar-refractivity contribution >= 4 is 45.0 Å². The van der Waals surface area contributed by atoms with Crippen LogP contribution in [-0.4, -0.2) is 17.4 Å². The van der Waals surface area contributed by atoms with Crippen LogP contribution in [0.1, 0.15) is 23.6 Å². The van der Waals surface area contributed by atoms with Gasteiger partial charge in [0, 0.05) is 17.7 Å². The molecule has 0 bridgehead atoms. The molecule has 0 spiro atoms. The fourth-order valence-electron chi connectivity index (χ4n) is 3.74. The SMILES string of the molecule is CCOc1ccc(/C=C2\C=C(c3ccccc3)N(c3ccc([N+](=O)[O-])cc3C)C2=O)cc1Br. The number of nitro groups is 1. The molecule has 1 aliphatic rings. The molecule has 33 heavy (non-hydrogen) atoms. The second kappa shape index (κ2) is 9.42. The summed E-state index contributed by atoms with van der Waals surface area (Å²) in [6, 6.07) is 19.8. The fourth-order valence-corrected chi connectivity index (χ4v) is 4.25. The third-order valence-electron chi connectivity index (χ3n) is 5.26. The van der Waals surface area contributed by atoms with Crippen LogP contribution in [0.4, 0.5) is 11.4 Å². The number of ether oxygens (including phenoxy) is 1. The van der Waals surface area contributed by atoms with Gasteiger partial charge in [-0.3, -0.25) is 19.8 Å². The quantitative estimate of drug-likeness (QED) is 0.217. The zero-order chi connectivity index (χ0) is 23.5. The summed E-state index contributed by atoms with van der Waals surface area (Å²) in [6.45, 7) is 4.25. The standard InChI is InChI=1S/C26H21BrN2O4/c1-3-33-25-12-9-18(15-22(25)27)14-20-16-24(19-7-5-4-6-8-19)28(26(20)30)23-11-10-21(29(31)32)13-17(23)2/h4-16H,3H2,1-2H3/b20-14+. The molecule has 1 heterocycles. The van der Waals surface area contributed by atoms with Gasteiger partial charge in [-0.15, -0.1) is 0 Å². The van der Waals surface area contributed by atoms with E-state index in [1.54, 1.807) is 17.9 Å². The van der Waals surface area contributed by atoms with E-state index in [1.165, 1.54) is 12.1 Å². The number of benzene rings is 3. The van der Waals surface area contributed by atoms with Gasteiger partial charge in [-0.1, -0.05) is 36.4 Å². The van der Waals surface area contributed by atoms with Crippen LogP contribution in [-0.2, 0) is 4.79 Å². The molecule has 3 aromatic carbocycles. The van der Waals surface area contributed by atoms with Crippen molar-refractivity contribution in [2.45, 2.75) is 13.8 Å². The Kier molecular flexibility index (Phi) is 6.42. The molecule has 0 atom stereocenters. The highest BCUT2D eigenvalue weighted by Crippen LogP contribution is 2.38. The van der Waals surface area contributed by atoms with Gasteiger partial charge in [-0.05, 0) is 76.8 Å². The molecule has 166 valence electrons. The molecule has 1 aliphatic heterocycles. The van der Waals surface area contributed by atoms with E-state index >= 15 is 0 Å². The van der Waals surface area contributed by atoms with Gasteiger partial charge in [0.05, 0.1) is 27.4 Å². The van der Waals surface area contributed by atoms with E-state index in [4.69, 9.17) is 4.74 Å². The van der Waals surface area contributed by atoms with Gasteiger partial charge in [0.15, 0.2) is 0 Å². The second-order valence-corrected chi connectivity index (χ2v) is 8.34. The molecule has 0 saturated carbocycles. The molecule has 0 fully saturated rings. The number of hydrogen-bond acceptors (Lipinski definition) is 4. The van der Waals surface area contributed by atoms with Gasteiger partial charge in [0.2, 0.25) is 0 Å². The summed E-state index contributed by atoms with van der Waals surface area (Å²) < 4.78 is 6.37. The third kappa shape index (κ3) is 4.59. The number of non-ortho nitro benzene ring substituents is 1. The minimum atomic E-state index is -0.439. The number of aryl methyl sites for hydroxylation is 1. The average Bonchev–Trinajstić information content (AvgIpc) is 3.12. The van der Waals surface area contributed by atoms with Gasteiger partial charge in [0.1, 0.15) is 5.75 Å². The van der Waals surface area contributed by atoms with Gasteiger partial charge < -0.3 is 4.74 Å². The van der Waals surface area contributed by atoms with Crippen molar-refractivity contribution in [2.24, 2.45) is 0 Å². The number of nitrogens with zero attached hydrogens (tertiary/aromatic N) is 2. The third-order valence-corrected chi connectivity index (χ3v) is 5.88. The van der Waals surface area contributed by atoms with Gasteiger partial charge >= 0.3 is 0 Å². The highest BCUT2D eigenvalue weighted by molar-refractivity contribution is 9.10. The van der Waals surface area contributed by atoms with E-state index < -0.39 is 4.92 Å². The predicted octanol–water partition coefficient (Wildman–Crippen LogP) is 6.54. The molecule has 0 radical (unpaired) electrons. The van der Waals surface area contributed by atoms with Gasteiger partial charge in [0.25, 0.3) is 11.6 Å². The molecule has 6 nitrogen and oxygen atoms in total. The van der Waals surface area contributed by atoms with Crippen LogP contribution in [0.5, 0.6) is 5.75 Å². The molecular formula is C26H21BrN2O4. The number of carbonyl (C=O) groups is 1. The average molecular weight is 505 g/mol. The monoisotopic (exact) mass is 504 g/mol. The molecular weight excluding hydrogens is 484 g/mol. The minimum Gasteiger partial charge on any atom is -0.493 e. The second-order valence-electron chi connectivity index (χ2n) is 7.49. The first-order chi connectivity index (χ1) is 15.9. The van der Waals surface area contributed by atoms with Crippen molar-refractivity contribution in [1.82, 2.24) is 0 Å². The molecule has 0 N–H and O–H groups in total. The molecule has 0 saturated heterocycles. The number of rotatable bonds is 6. The van der Waals surface area contributed by atoms with Crippen molar-refractivity contribution < 1.29 is 14.5 Å². The highest BCUT2D eigenvalue weighted by Gasteiger charge is 2.31. The lowest BCUT2D eigenvalue weighted by Gasteiger charge is -2.22. The Bertz CT molecular complexity index is 1300. The number of carbonyl (C=O) groups excluding carboxylic acids is 1. The Balaban J connectivity index is 1.79. The molecule has 0 aliphatic carbocycles. The van der Waals surface area contributed by atoms with Gasteiger partial charge in [-0.25, -0.2) is 0 Å². The summed E-state index contributed by atoms with van der Waals surface area (Å²) in [5.74, 6) is 0.539. The zero-order valence-electron chi connectivity index (χ0n) is 18.1. The summed E-state index contributed by atoms with van der Waals surface area (Å²) in [6.07, 6.45) is 3.68. The molecule has 4 rings (SSSR count). The normalized spacial score (nSPS) is 14.5. The van der Waals surface area contributed by atoms with Crippen LogP contribution in [0.25, 0.3) is 11.8 Å². The van der Waals surface area contributed by atoms with Crippen LogP contribution >= 0.6 is 15.9 Å². The van der Waals surface area contributed by atoms with E-state index in [9.17, 15) is 14.9 Å².